The van der Waals surface area contributed by atoms with Crippen molar-refractivity contribution >= 4 is 5.82 Å². The highest BCUT2D eigenvalue weighted by Crippen LogP contribution is 2.21. The number of hydrogen-bond donors (Lipinski definition) is 1. The number of aryl methyl sites for hydroxylation is 3. The summed E-state index contributed by atoms with van der Waals surface area (Å²) in [6.07, 6.45) is 8.45. The van der Waals surface area contributed by atoms with Gasteiger partial charge in [-0.2, -0.15) is 5.10 Å². The molecule has 0 fully saturated rings. The van der Waals surface area contributed by atoms with Crippen LogP contribution in [-0.4, -0.2) is 21.3 Å². The van der Waals surface area contributed by atoms with E-state index in [1.807, 2.05) is 23.1 Å². The Balaban J connectivity index is 1.48. The third-order valence-electron chi connectivity index (χ3n) is 3.36. The number of aromatic nitrogens is 3. The molecule has 1 aliphatic rings. The van der Waals surface area contributed by atoms with Crippen LogP contribution in [0.5, 0.6) is 0 Å². The fourth-order valence-electron chi connectivity index (χ4n) is 2.41. The number of hydrogen-bond acceptors (Lipinski definition) is 3. The molecule has 0 aromatic carbocycles. The third kappa shape index (κ3) is 2.53. The van der Waals surface area contributed by atoms with Gasteiger partial charge in [0.25, 0.3) is 0 Å². The zero-order valence-electron chi connectivity index (χ0n) is 10.5. The highest BCUT2D eigenvalue weighted by Gasteiger charge is 2.11. The van der Waals surface area contributed by atoms with Crippen molar-refractivity contribution in [3.05, 3.63) is 41.9 Å². The zero-order chi connectivity index (χ0) is 12.2. The van der Waals surface area contributed by atoms with Crippen molar-refractivity contribution < 1.29 is 0 Å². The molecule has 18 heavy (non-hydrogen) atoms. The Morgan fingerprint density at radius 2 is 2.28 bits per heavy atom. The minimum atomic E-state index is 0.936. The molecule has 94 valence electrons. The Labute approximate surface area is 107 Å². The molecule has 0 aliphatic heterocycles. The van der Waals surface area contributed by atoms with Crippen molar-refractivity contribution in [3.63, 3.8) is 0 Å². The summed E-state index contributed by atoms with van der Waals surface area (Å²) in [6, 6.07) is 6.26. The van der Waals surface area contributed by atoms with E-state index in [1.54, 1.807) is 0 Å². The molecule has 1 N–H and O–H groups in total. The van der Waals surface area contributed by atoms with Crippen molar-refractivity contribution in [2.75, 3.05) is 11.9 Å². The maximum atomic E-state index is 4.65. The van der Waals surface area contributed by atoms with Crippen LogP contribution in [0, 0.1) is 0 Å². The molecule has 0 bridgehead atoms. The summed E-state index contributed by atoms with van der Waals surface area (Å²) in [6.45, 7) is 1.89. The van der Waals surface area contributed by atoms with Crippen molar-refractivity contribution in [2.45, 2.75) is 32.2 Å². The zero-order valence-corrected chi connectivity index (χ0v) is 10.5. The topological polar surface area (TPSA) is 42.7 Å². The summed E-state index contributed by atoms with van der Waals surface area (Å²) in [5.41, 5.74) is 2.71. The average Bonchev–Trinajstić information content (AvgIpc) is 3.05. The smallest absolute Gasteiger partial charge is 0.126 e. The maximum Gasteiger partial charge on any atom is 0.126 e. The Morgan fingerprint density at radius 1 is 1.28 bits per heavy atom. The summed E-state index contributed by atoms with van der Waals surface area (Å²) in [5.74, 6) is 1.01. The molecule has 1 aliphatic carbocycles. The minimum absolute atomic E-state index is 0.936. The molecule has 3 rings (SSSR count). The fourth-order valence-corrected chi connectivity index (χ4v) is 2.41. The Kier molecular flexibility index (Phi) is 3.26. The molecule has 2 aromatic rings. The van der Waals surface area contributed by atoms with E-state index in [0.29, 0.717) is 0 Å². The monoisotopic (exact) mass is 242 g/mol. The molecule has 0 saturated heterocycles. The predicted octanol–water partition coefficient (Wildman–Crippen LogP) is 2.27. The second-order valence-corrected chi connectivity index (χ2v) is 4.71. The molecular weight excluding hydrogens is 224 g/mol. The predicted molar refractivity (Wildman–Crippen MR) is 71.6 cm³/mol. The number of pyridine rings is 1. The van der Waals surface area contributed by atoms with E-state index in [1.165, 1.54) is 24.1 Å². The van der Waals surface area contributed by atoms with Crippen molar-refractivity contribution in [1.82, 2.24) is 14.8 Å². The van der Waals surface area contributed by atoms with Crippen LogP contribution in [0.2, 0.25) is 0 Å². The molecule has 2 heterocycles. The van der Waals surface area contributed by atoms with E-state index in [4.69, 9.17) is 0 Å². The lowest BCUT2D eigenvalue weighted by Gasteiger charge is -2.07. The second-order valence-electron chi connectivity index (χ2n) is 4.71. The maximum absolute atomic E-state index is 4.65. The number of nitrogens with one attached hydrogen (secondary N) is 1. The first kappa shape index (κ1) is 11.3. The first-order chi connectivity index (χ1) is 8.92. The lowest BCUT2D eigenvalue weighted by Crippen LogP contribution is -2.08. The summed E-state index contributed by atoms with van der Waals surface area (Å²) in [4.78, 5) is 4.65. The van der Waals surface area contributed by atoms with Crippen LogP contribution < -0.4 is 5.32 Å². The molecule has 0 atom stereocenters. The number of rotatable bonds is 5. The minimum Gasteiger partial charge on any atom is -0.370 e. The first-order valence-electron chi connectivity index (χ1n) is 6.62. The number of anilines is 1. The Bertz CT molecular complexity index is 505. The van der Waals surface area contributed by atoms with E-state index in [2.05, 4.69) is 27.5 Å². The van der Waals surface area contributed by atoms with Gasteiger partial charge in [0.15, 0.2) is 0 Å². The lowest BCUT2D eigenvalue weighted by molar-refractivity contribution is 0.591. The van der Waals surface area contributed by atoms with Gasteiger partial charge in [-0.25, -0.2) is 4.98 Å². The van der Waals surface area contributed by atoms with E-state index in [9.17, 15) is 0 Å². The standard InChI is InChI=1S/C14H18N4/c1-4-12-6-7-14(17-13(12)5-1)15-8-2-10-18-11-3-9-16-18/h3,6-7,9,11H,1-2,4-5,8,10H2,(H,15,17). The number of nitrogens with zero attached hydrogens (tertiary/aromatic N) is 3. The molecule has 2 aromatic heterocycles. The van der Waals surface area contributed by atoms with Gasteiger partial charge in [-0.3, -0.25) is 4.68 Å². The van der Waals surface area contributed by atoms with E-state index < -0.39 is 0 Å². The lowest BCUT2D eigenvalue weighted by atomic mass is 10.2. The first-order valence-corrected chi connectivity index (χ1v) is 6.62. The molecule has 4 nitrogen and oxygen atoms in total. The van der Waals surface area contributed by atoms with Crippen LogP contribution in [0.1, 0.15) is 24.1 Å². The third-order valence-corrected chi connectivity index (χ3v) is 3.36. The van der Waals surface area contributed by atoms with Crippen LogP contribution in [-0.2, 0) is 19.4 Å². The van der Waals surface area contributed by atoms with Gasteiger partial charge in [-0.05, 0) is 43.4 Å². The molecular formula is C14H18N4. The quantitative estimate of drug-likeness (QED) is 0.818. The number of fused-ring (bicyclic) bond motifs is 1. The average molecular weight is 242 g/mol. The van der Waals surface area contributed by atoms with Crippen molar-refractivity contribution in [3.8, 4) is 0 Å². The van der Waals surface area contributed by atoms with Crippen molar-refractivity contribution in [2.24, 2.45) is 0 Å². The van der Waals surface area contributed by atoms with Crippen LogP contribution >= 0.6 is 0 Å². The van der Waals surface area contributed by atoms with Gasteiger partial charge in [0.2, 0.25) is 0 Å². The molecule has 0 radical (unpaired) electrons. The largest absolute Gasteiger partial charge is 0.370 e. The highest BCUT2D eigenvalue weighted by molar-refractivity contribution is 5.40. The van der Waals surface area contributed by atoms with Crippen LogP contribution in [0.4, 0.5) is 5.82 Å². The summed E-state index contributed by atoms with van der Waals surface area (Å²) in [7, 11) is 0. The van der Waals surface area contributed by atoms with Gasteiger partial charge < -0.3 is 5.32 Å². The van der Waals surface area contributed by atoms with Gasteiger partial charge >= 0.3 is 0 Å². The second kappa shape index (κ2) is 5.21. The molecule has 0 unspecified atom stereocenters. The van der Waals surface area contributed by atoms with E-state index in [0.717, 1.165) is 31.7 Å². The fraction of sp³-hybridized carbons (Fsp3) is 0.429. The molecule has 0 amide bonds. The van der Waals surface area contributed by atoms with Crippen LogP contribution in [0.25, 0.3) is 0 Å². The molecule has 0 spiro atoms. The summed E-state index contributed by atoms with van der Waals surface area (Å²) >= 11 is 0. The van der Waals surface area contributed by atoms with Crippen LogP contribution in [0.3, 0.4) is 0 Å². The Morgan fingerprint density at radius 3 is 3.17 bits per heavy atom. The van der Waals surface area contributed by atoms with E-state index >= 15 is 0 Å². The summed E-state index contributed by atoms with van der Waals surface area (Å²) in [5, 5.41) is 7.57. The molecule has 0 saturated carbocycles. The van der Waals surface area contributed by atoms with Crippen molar-refractivity contribution in [1.29, 1.82) is 0 Å². The normalized spacial score (nSPS) is 13.6. The van der Waals surface area contributed by atoms with Gasteiger partial charge in [0, 0.05) is 31.2 Å². The SMILES string of the molecule is c1cnn(CCCNc2ccc3c(n2)CCC3)c1. The van der Waals surface area contributed by atoms with Gasteiger partial charge in [-0.15, -0.1) is 0 Å². The van der Waals surface area contributed by atoms with Gasteiger partial charge in [-0.1, -0.05) is 6.07 Å². The van der Waals surface area contributed by atoms with Gasteiger partial charge in [0.1, 0.15) is 5.82 Å². The van der Waals surface area contributed by atoms with E-state index in [-0.39, 0.29) is 0 Å². The summed E-state index contributed by atoms with van der Waals surface area (Å²) < 4.78 is 1.96. The highest BCUT2D eigenvalue weighted by atomic mass is 15.3. The molecule has 4 heteroatoms. The van der Waals surface area contributed by atoms with Gasteiger partial charge in [0.05, 0.1) is 0 Å². The Hall–Kier alpha value is -1.84. The van der Waals surface area contributed by atoms with Crippen LogP contribution in [0.15, 0.2) is 30.6 Å².